The lowest BCUT2D eigenvalue weighted by Gasteiger charge is -2.28. The van der Waals surface area contributed by atoms with Gasteiger partial charge in [0.1, 0.15) is 5.69 Å². The predicted molar refractivity (Wildman–Crippen MR) is 79.2 cm³/mol. The molecule has 1 aromatic carbocycles. The van der Waals surface area contributed by atoms with E-state index in [4.69, 9.17) is 10.00 Å². The number of nitro groups is 1. The first-order valence-electron chi connectivity index (χ1n) is 7.08. The van der Waals surface area contributed by atoms with Crippen LogP contribution in [-0.2, 0) is 9.53 Å². The van der Waals surface area contributed by atoms with E-state index in [-0.39, 0.29) is 29.2 Å². The van der Waals surface area contributed by atoms with E-state index >= 15 is 0 Å². The summed E-state index contributed by atoms with van der Waals surface area (Å²) in [6.07, 6.45) is 2.90. The molecule has 1 N–H and O–H groups in total. The van der Waals surface area contributed by atoms with E-state index in [2.05, 4.69) is 5.32 Å². The van der Waals surface area contributed by atoms with Crippen molar-refractivity contribution in [3.8, 4) is 6.07 Å². The van der Waals surface area contributed by atoms with Crippen molar-refractivity contribution in [2.45, 2.75) is 31.7 Å². The van der Waals surface area contributed by atoms with Gasteiger partial charge in [-0.05, 0) is 37.8 Å². The van der Waals surface area contributed by atoms with Crippen molar-refractivity contribution in [1.29, 1.82) is 5.26 Å². The molecule has 1 saturated carbocycles. The van der Waals surface area contributed by atoms with E-state index in [1.54, 1.807) is 12.1 Å². The van der Waals surface area contributed by atoms with Crippen LogP contribution in [0.4, 0.5) is 11.4 Å². The normalized spacial score (nSPS) is 20.7. The van der Waals surface area contributed by atoms with E-state index in [1.807, 2.05) is 6.07 Å². The number of hydrogen-bond donors (Lipinski definition) is 1. The number of ether oxygens (including phenoxy) is 1. The van der Waals surface area contributed by atoms with Crippen molar-refractivity contribution in [3.05, 3.63) is 33.9 Å². The van der Waals surface area contributed by atoms with Crippen LogP contribution in [0, 0.1) is 27.4 Å². The van der Waals surface area contributed by atoms with Crippen LogP contribution in [0.3, 0.4) is 0 Å². The molecule has 0 unspecified atom stereocenters. The van der Waals surface area contributed by atoms with E-state index in [9.17, 15) is 14.9 Å². The number of benzene rings is 1. The highest BCUT2D eigenvalue weighted by atomic mass is 16.6. The summed E-state index contributed by atoms with van der Waals surface area (Å²) in [5.74, 6) is -0.276. The molecule has 0 heterocycles. The van der Waals surface area contributed by atoms with Crippen molar-refractivity contribution in [2.24, 2.45) is 5.92 Å². The molecule has 0 aliphatic heterocycles. The zero-order valence-electron chi connectivity index (χ0n) is 12.2. The standard InChI is InChI=1S/C15H17N3O4/c1-22-15(19)11-3-5-12(6-4-11)17-13-7-2-10(9-16)8-14(13)18(20)21/h2,7-8,11-12,17H,3-6H2,1H3. The second-order valence-electron chi connectivity index (χ2n) is 5.32. The third kappa shape index (κ3) is 3.52. The molecule has 0 amide bonds. The molecular formula is C15H17N3O4. The van der Waals surface area contributed by atoms with Gasteiger partial charge in [-0.25, -0.2) is 0 Å². The van der Waals surface area contributed by atoms with Gasteiger partial charge in [0.15, 0.2) is 0 Å². The van der Waals surface area contributed by atoms with Crippen LogP contribution in [0.5, 0.6) is 0 Å². The highest BCUT2D eigenvalue weighted by Gasteiger charge is 2.28. The van der Waals surface area contributed by atoms with Crippen molar-refractivity contribution < 1.29 is 14.5 Å². The van der Waals surface area contributed by atoms with Crippen molar-refractivity contribution in [1.82, 2.24) is 0 Å². The van der Waals surface area contributed by atoms with Gasteiger partial charge in [-0.15, -0.1) is 0 Å². The number of hydrogen-bond acceptors (Lipinski definition) is 6. The molecule has 0 aromatic heterocycles. The number of nitrogens with one attached hydrogen (secondary N) is 1. The van der Waals surface area contributed by atoms with Crippen LogP contribution in [0.2, 0.25) is 0 Å². The minimum atomic E-state index is -0.497. The summed E-state index contributed by atoms with van der Waals surface area (Å²) in [6.45, 7) is 0. The SMILES string of the molecule is COC(=O)C1CCC(Nc2ccc(C#N)cc2[N+](=O)[O-])CC1. The number of nitriles is 1. The van der Waals surface area contributed by atoms with Gasteiger partial charge in [0, 0.05) is 12.1 Å². The molecule has 1 aliphatic rings. The highest BCUT2D eigenvalue weighted by Crippen LogP contribution is 2.31. The van der Waals surface area contributed by atoms with Gasteiger partial charge in [0.2, 0.25) is 0 Å². The molecule has 0 radical (unpaired) electrons. The number of rotatable bonds is 4. The lowest BCUT2D eigenvalue weighted by atomic mass is 9.86. The second kappa shape index (κ2) is 6.89. The Labute approximate surface area is 128 Å². The maximum atomic E-state index is 11.5. The third-order valence-electron chi connectivity index (χ3n) is 3.94. The van der Waals surface area contributed by atoms with Gasteiger partial charge < -0.3 is 10.1 Å². The molecule has 0 spiro atoms. The van der Waals surface area contributed by atoms with Crippen LogP contribution in [0.25, 0.3) is 0 Å². The molecule has 22 heavy (non-hydrogen) atoms. The largest absolute Gasteiger partial charge is 0.469 e. The summed E-state index contributed by atoms with van der Waals surface area (Å²) in [5, 5.41) is 23.1. The first kappa shape index (κ1) is 15.8. The van der Waals surface area contributed by atoms with E-state index in [0.29, 0.717) is 18.5 Å². The Morgan fingerprint density at radius 3 is 2.64 bits per heavy atom. The Kier molecular flexibility index (Phi) is 4.94. The number of nitro benzene ring substituents is 1. The molecule has 1 aromatic rings. The minimum Gasteiger partial charge on any atom is -0.469 e. The molecule has 0 saturated heterocycles. The lowest BCUT2D eigenvalue weighted by Crippen LogP contribution is -2.30. The fourth-order valence-corrected chi connectivity index (χ4v) is 2.73. The number of carbonyl (C=O) groups excluding carboxylic acids is 1. The Morgan fingerprint density at radius 1 is 1.41 bits per heavy atom. The molecule has 0 bridgehead atoms. The Bertz CT molecular complexity index is 616. The Hall–Kier alpha value is -2.62. The Balaban J connectivity index is 2.05. The summed E-state index contributed by atoms with van der Waals surface area (Å²) in [4.78, 5) is 22.1. The van der Waals surface area contributed by atoms with Gasteiger partial charge >= 0.3 is 5.97 Å². The first-order chi connectivity index (χ1) is 10.5. The smallest absolute Gasteiger partial charge is 0.308 e. The van der Waals surface area contributed by atoms with Crippen LogP contribution < -0.4 is 5.32 Å². The molecule has 1 fully saturated rings. The van der Waals surface area contributed by atoms with Crippen molar-refractivity contribution >= 4 is 17.3 Å². The predicted octanol–water partition coefficient (Wildman–Crippen LogP) is 2.61. The topological polar surface area (TPSA) is 105 Å². The van der Waals surface area contributed by atoms with Crippen LogP contribution in [0.1, 0.15) is 31.2 Å². The first-order valence-corrected chi connectivity index (χ1v) is 7.08. The van der Waals surface area contributed by atoms with Gasteiger partial charge in [-0.1, -0.05) is 0 Å². The molecule has 116 valence electrons. The maximum Gasteiger partial charge on any atom is 0.308 e. The molecular weight excluding hydrogens is 286 g/mol. The van der Waals surface area contributed by atoms with Gasteiger partial charge in [-0.2, -0.15) is 5.26 Å². The van der Waals surface area contributed by atoms with Crippen molar-refractivity contribution in [3.63, 3.8) is 0 Å². The number of esters is 1. The highest BCUT2D eigenvalue weighted by molar-refractivity contribution is 5.72. The van der Waals surface area contributed by atoms with E-state index in [1.165, 1.54) is 13.2 Å². The van der Waals surface area contributed by atoms with Crippen LogP contribution in [0.15, 0.2) is 18.2 Å². The fraction of sp³-hybridized carbons (Fsp3) is 0.467. The van der Waals surface area contributed by atoms with Gasteiger partial charge in [0.25, 0.3) is 5.69 Å². The molecule has 2 rings (SSSR count). The summed E-state index contributed by atoms with van der Waals surface area (Å²) < 4.78 is 4.74. The zero-order chi connectivity index (χ0) is 16.1. The second-order valence-corrected chi connectivity index (χ2v) is 5.32. The number of methoxy groups -OCH3 is 1. The monoisotopic (exact) mass is 303 g/mol. The Morgan fingerprint density at radius 2 is 2.09 bits per heavy atom. The number of nitrogens with zero attached hydrogens (tertiary/aromatic N) is 2. The van der Waals surface area contributed by atoms with E-state index < -0.39 is 4.92 Å². The number of anilines is 1. The van der Waals surface area contributed by atoms with E-state index in [0.717, 1.165) is 12.8 Å². The van der Waals surface area contributed by atoms with Crippen molar-refractivity contribution in [2.75, 3.05) is 12.4 Å². The molecule has 0 atom stereocenters. The van der Waals surface area contributed by atoms with Crippen LogP contribution >= 0.6 is 0 Å². The molecule has 1 aliphatic carbocycles. The minimum absolute atomic E-state index is 0.0764. The average molecular weight is 303 g/mol. The molecule has 7 heteroatoms. The summed E-state index contributed by atoms with van der Waals surface area (Å²) in [6, 6.07) is 6.35. The number of carbonyl (C=O) groups is 1. The summed E-state index contributed by atoms with van der Waals surface area (Å²) >= 11 is 0. The lowest BCUT2D eigenvalue weighted by molar-refractivity contribution is -0.384. The van der Waals surface area contributed by atoms with Gasteiger partial charge in [-0.3, -0.25) is 14.9 Å². The quantitative estimate of drug-likeness (QED) is 0.520. The average Bonchev–Trinajstić information content (AvgIpc) is 2.55. The fourth-order valence-electron chi connectivity index (χ4n) is 2.73. The zero-order valence-corrected chi connectivity index (χ0v) is 12.2. The maximum absolute atomic E-state index is 11.5. The summed E-state index contributed by atoms with van der Waals surface area (Å²) in [5.41, 5.74) is 0.561. The summed E-state index contributed by atoms with van der Waals surface area (Å²) in [7, 11) is 1.38. The van der Waals surface area contributed by atoms with Gasteiger partial charge in [0.05, 0.1) is 29.6 Å². The molecule has 7 nitrogen and oxygen atoms in total. The van der Waals surface area contributed by atoms with Crippen LogP contribution in [-0.4, -0.2) is 24.0 Å². The third-order valence-corrected chi connectivity index (χ3v) is 3.94.